The minimum Gasteiger partial charge on any atom is -0.459 e. The van der Waals surface area contributed by atoms with Gasteiger partial charge in [0.05, 0.1) is 6.54 Å². The van der Waals surface area contributed by atoms with E-state index in [1.54, 1.807) is 11.9 Å². The Morgan fingerprint density at radius 3 is 2.53 bits per heavy atom. The highest BCUT2D eigenvalue weighted by atomic mass is 16.6. The fourth-order valence-corrected chi connectivity index (χ4v) is 1.65. The Morgan fingerprint density at radius 1 is 1.47 bits per heavy atom. The molecule has 0 saturated carbocycles. The number of hydrogen-bond donors (Lipinski definition) is 0. The summed E-state index contributed by atoms with van der Waals surface area (Å²) in [6.45, 7) is 5.89. The highest BCUT2D eigenvalue weighted by molar-refractivity contribution is 5.85. The molecule has 0 radical (unpaired) electrons. The number of ketones is 1. The van der Waals surface area contributed by atoms with E-state index >= 15 is 0 Å². The monoisotopic (exact) mass is 213 g/mol. The number of likely N-dealkylation sites (tertiary alicyclic amines) is 1. The second kappa shape index (κ2) is 4.31. The molecule has 0 aromatic rings. The number of carbonyl (C=O) groups is 2. The molecule has 0 bridgehead atoms. The standard InChI is InChI=1S/C11H19NO3/c1-11(2,3)15-10(14)9-6-5-8(13)7-12(9)4/h9H,5-7H2,1-4H3/t9-/m0/s1. The minimum absolute atomic E-state index is 0.192. The third-order valence-electron chi connectivity index (χ3n) is 2.33. The molecule has 15 heavy (non-hydrogen) atoms. The van der Waals surface area contributed by atoms with Crippen molar-refractivity contribution in [3.8, 4) is 0 Å². The van der Waals surface area contributed by atoms with Crippen molar-refractivity contribution in [2.45, 2.75) is 45.3 Å². The van der Waals surface area contributed by atoms with Gasteiger partial charge in [-0.15, -0.1) is 0 Å². The van der Waals surface area contributed by atoms with E-state index in [0.717, 1.165) is 0 Å². The van der Waals surface area contributed by atoms with Crippen molar-refractivity contribution in [3.05, 3.63) is 0 Å². The smallest absolute Gasteiger partial charge is 0.323 e. The van der Waals surface area contributed by atoms with Crippen LogP contribution in [-0.2, 0) is 14.3 Å². The zero-order valence-corrected chi connectivity index (χ0v) is 9.87. The molecule has 1 atom stereocenters. The molecule has 1 rings (SSSR count). The Morgan fingerprint density at radius 2 is 2.07 bits per heavy atom. The van der Waals surface area contributed by atoms with E-state index in [1.807, 2.05) is 20.8 Å². The number of carbonyl (C=O) groups excluding carboxylic acids is 2. The van der Waals surface area contributed by atoms with Crippen LogP contribution < -0.4 is 0 Å². The molecular weight excluding hydrogens is 194 g/mol. The van der Waals surface area contributed by atoms with E-state index in [1.165, 1.54) is 0 Å². The van der Waals surface area contributed by atoms with Crippen LogP contribution in [0.15, 0.2) is 0 Å². The summed E-state index contributed by atoms with van der Waals surface area (Å²) < 4.78 is 5.29. The van der Waals surface area contributed by atoms with Gasteiger partial charge >= 0.3 is 5.97 Å². The predicted octanol–water partition coefficient (Wildman–Crippen LogP) is 0.991. The normalized spacial score (nSPS) is 24.0. The third kappa shape index (κ3) is 3.63. The summed E-state index contributed by atoms with van der Waals surface area (Å²) in [5, 5.41) is 0. The Labute approximate surface area is 90.6 Å². The maximum Gasteiger partial charge on any atom is 0.323 e. The summed E-state index contributed by atoms with van der Waals surface area (Å²) in [6, 6.07) is -0.262. The summed E-state index contributed by atoms with van der Waals surface area (Å²) >= 11 is 0. The molecular formula is C11H19NO3. The number of rotatable bonds is 1. The first-order chi connectivity index (χ1) is 6.79. The van der Waals surface area contributed by atoms with Gasteiger partial charge in [-0.2, -0.15) is 0 Å². The van der Waals surface area contributed by atoms with Crippen molar-refractivity contribution in [1.29, 1.82) is 0 Å². The van der Waals surface area contributed by atoms with Crippen LogP contribution in [0.1, 0.15) is 33.6 Å². The Balaban J connectivity index is 2.56. The quantitative estimate of drug-likeness (QED) is 0.609. The summed E-state index contributed by atoms with van der Waals surface area (Å²) in [4.78, 5) is 24.7. The van der Waals surface area contributed by atoms with Crippen LogP contribution in [0.4, 0.5) is 0 Å². The zero-order valence-electron chi connectivity index (χ0n) is 9.87. The van der Waals surface area contributed by atoms with Crippen LogP contribution in [0.3, 0.4) is 0 Å². The number of esters is 1. The highest BCUT2D eigenvalue weighted by Gasteiger charge is 2.32. The molecule has 1 aliphatic rings. The Kier molecular flexibility index (Phi) is 3.50. The molecule has 1 saturated heterocycles. The molecule has 1 aliphatic heterocycles. The van der Waals surface area contributed by atoms with Crippen molar-refractivity contribution in [1.82, 2.24) is 4.90 Å². The maximum atomic E-state index is 11.8. The first kappa shape index (κ1) is 12.2. The van der Waals surface area contributed by atoms with E-state index < -0.39 is 5.60 Å². The predicted molar refractivity (Wildman–Crippen MR) is 56.5 cm³/mol. The molecule has 0 aliphatic carbocycles. The lowest BCUT2D eigenvalue weighted by atomic mass is 10.0. The number of Topliss-reactive ketones (excluding diaryl/α,β-unsaturated/α-hetero) is 1. The van der Waals surface area contributed by atoms with E-state index in [4.69, 9.17) is 4.74 Å². The van der Waals surface area contributed by atoms with Gasteiger partial charge in [0.25, 0.3) is 0 Å². The van der Waals surface area contributed by atoms with Crippen LogP contribution in [-0.4, -0.2) is 41.9 Å². The SMILES string of the molecule is CN1CC(=O)CC[C@H]1C(=O)OC(C)(C)C. The van der Waals surface area contributed by atoms with Crippen LogP contribution in [0.2, 0.25) is 0 Å². The average Bonchev–Trinajstić information content (AvgIpc) is 1.99. The molecule has 1 fully saturated rings. The van der Waals surface area contributed by atoms with Crippen molar-refractivity contribution in [3.63, 3.8) is 0 Å². The second-order valence-electron chi connectivity index (χ2n) is 5.04. The fraction of sp³-hybridized carbons (Fsp3) is 0.818. The maximum absolute atomic E-state index is 11.8. The van der Waals surface area contributed by atoms with E-state index in [9.17, 15) is 9.59 Å². The number of nitrogens with zero attached hydrogens (tertiary/aromatic N) is 1. The van der Waals surface area contributed by atoms with Gasteiger partial charge in [-0.25, -0.2) is 0 Å². The summed E-state index contributed by atoms with van der Waals surface area (Å²) in [7, 11) is 1.78. The summed E-state index contributed by atoms with van der Waals surface area (Å²) in [6.07, 6.45) is 1.05. The number of hydrogen-bond acceptors (Lipinski definition) is 4. The fourth-order valence-electron chi connectivity index (χ4n) is 1.65. The van der Waals surface area contributed by atoms with Crippen molar-refractivity contribution < 1.29 is 14.3 Å². The van der Waals surface area contributed by atoms with Crippen LogP contribution in [0.5, 0.6) is 0 Å². The second-order valence-corrected chi connectivity index (χ2v) is 5.04. The lowest BCUT2D eigenvalue weighted by molar-refractivity contribution is -0.162. The highest BCUT2D eigenvalue weighted by Crippen LogP contribution is 2.17. The van der Waals surface area contributed by atoms with Gasteiger partial charge in [0.15, 0.2) is 0 Å². The molecule has 1 heterocycles. The zero-order chi connectivity index (χ0) is 11.6. The van der Waals surface area contributed by atoms with Gasteiger partial charge in [0, 0.05) is 6.42 Å². The van der Waals surface area contributed by atoms with Gasteiger partial charge in [0.2, 0.25) is 0 Å². The Bertz CT molecular complexity index is 267. The van der Waals surface area contributed by atoms with E-state index in [-0.39, 0.29) is 17.8 Å². The van der Waals surface area contributed by atoms with Gasteiger partial charge in [-0.1, -0.05) is 0 Å². The van der Waals surface area contributed by atoms with Crippen LogP contribution >= 0.6 is 0 Å². The molecule has 0 spiro atoms. The molecule has 0 N–H and O–H groups in total. The topological polar surface area (TPSA) is 46.6 Å². The molecule has 0 amide bonds. The largest absolute Gasteiger partial charge is 0.459 e. The summed E-state index contributed by atoms with van der Waals surface area (Å²) in [5.41, 5.74) is -0.459. The number of piperidine rings is 1. The molecule has 4 heteroatoms. The Hall–Kier alpha value is -0.900. The van der Waals surface area contributed by atoms with Crippen LogP contribution in [0.25, 0.3) is 0 Å². The van der Waals surface area contributed by atoms with E-state index in [2.05, 4.69) is 0 Å². The van der Waals surface area contributed by atoms with Crippen molar-refractivity contribution in [2.75, 3.05) is 13.6 Å². The molecule has 0 unspecified atom stereocenters. The summed E-state index contributed by atoms with van der Waals surface area (Å²) in [5.74, 6) is -0.0326. The molecule has 0 aromatic heterocycles. The third-order valence-corrected chi connectivity index (χ3v) is 2.33. The molecule has 4 nitrogen and oxygen atoms in total. The average molecular weight is 213 g/mol. The first-order valence-electron chi connectivity index (χ1n) is 5.24. The molecule has 0 aromatic carbocycles. The number of likely N-dealkylation sites (N-methyl/N-ethyl adjacent to an activating group) is 1. The van der Waals surface area contributed by atoms with Gasteiger partial charge < -0.3 is 4.74 Å². The minimum atomic E-state index is -0.459. The van der Waals surface area contributed by atoms with Gasteiger partial charge in [0.1, 0.15) is 17.4 Å². The lowest BCUT2D eigenvalue weighted by Crippen LogP contribution is -2.47. The van der Waals surface area contributed by atoms with Crippen LogP contribution in [0, 0.1) is 0 Å². The van der Waals surface area contributed by atoms with Crippen molar-refractivity contribution >= 4 is 11.8 Å². The van der Waals surface area contributed by atoms with E-state index in [0.29, 0.717) is 19.4 Å². The van der Waals surface area contributed by atoms with Gasteiger partial charge in [-0.05, 0) is 34.2 Å². The van der Waals surface area contributed by atoms with Gasteiger partial charge in [-0.3, -0.25) is 14.5 Å². The first-order valence-corrected chi connectivity index (χ1v) is 5.24. The number of ether oxygens (including phenoxy) is 1. The van der Waals surface area contributed by atoms with Crippen molar-refractivity contribution in [2.24, 2.45) is 0 Å². The lowest BCUT2D eigenvalue weighted by Gasteiger charge is -2.32. The molecule has 86 valence electrons.